The third-order valence-electron chi connectivity index (χ3n) is 11.5. The van der Waals surface area contributed by atoms with Gasteiger partial charge in [-0.15, -0.1) is 0 Å². The summed E-state index contributed by atoms with van der Waals surface area (Å²) in [5.41, 5.74) is 16.1. The van der Waals surface area contributed by atoms with Gasteiger partial charge in [0.2, 0.25) is 11.5 Å². The number of fused-ring (bicyclic) bond motifs is 3. The third-order valence-corrected chi connectivity index (χ3v) is 11.5. The average molecular weight is 627 g/mol. The molecule has 2 atom stereocenters. The Kier molecular flexibility index (Phi) is 5.30. The number of phenols is 4. The highest BCUT2D eigenvalue weighted by Crippen LogP contribution is 2.59. The second-order valence-corrected chi connectivity index (χ2v) is 13.9. The molecule has 0 fully saturated rings. The predicted molar refractivity (Wildman–Crippen MR) is 194 cm³/mol. The first-order valence-corrected chi connectivity index (χ1v) is 16.6. The summed E-state index contributed by atoms with van der Waals surface area (Å²) in [6.45, 7) is 4.71. The van der Waals surface area contributed by atoms with Crippen LogP contribution < -0.4 is 5.46 Å². The summed E-state index contributed by atoms with van der Waals surface area (Å²) in [6.07, 6.45) is 1.83. The Balaban J connectivity index is 1.36. The van der Waals surface area contributed by atoms with E-state index in [1.54, 1.807) is 7.85 Å². The van der Waals surface area contributed by atoms with Crippen molar-refractivity contribution in [2.24, 2.45) is 0 Å². The fraction of sp³-hybridized carbons (Fsp3) is 0.143. The van der Waals surface area contributed by atoms with Crippen LogP contribution in [-0.4, -0.2) is 28.3 Å². The highest BCUT2D eigenvalue weighted by molar-refractivity contribution is 6.39. The zero-order chi connectivity index (χ0) is 32.7. The van der Waals surface area contributed by atoms with Crippen molar-refractivity contribution in [3.63, 3.8) is 0 Å². The van der Waals surface area contributed by atoms with E-state index in [4.69, 9.17) is 4.42 Å². The maximum atomic E-state index is 11.0. The lowest BCUT2D eigenvalue weighted by molar-refractivity contribution is 0.348. The Morgan fingerprint density at radius 3 is 2.15 bits per heavy atom. The van der Waals surface area contributed by atoms with E-state index in [1.165, 1.54) is 60.7 Å². The molecule has 10 rings (SSSR count). The molecule has 6 heteroatoms. The molecule has 7 aromatic rings. The maximum absolute atomic E-state index is 11.0. The van der Waals surface area contributed by atoms with Gasteiger partial charge in [0, 0.05) is 22.3 Å². The molecule has 4 N–H and O–H groups in total. The van der Waals surface area contributed by atoms with Crippen LogP contribution in [0.25, 0.3) is 71.7 Å². The summed E-state index contributed by atoms with van der Waals surface area (Å²) in [5, 5.41) is 47.0. The van der Waals surface area contributed by atoms with E-state index in [0.717, 1.165) is 40.5 Å². The van der Waals surface area contributed by atoms with E-state index in [9.17, 15) is 20.4 Å². The van der Waals surface area contributed by atoms with E-state index in [-0.39, 0.29) is 16.9 Å². The van der Waals surface area contributed by atoms with Crippen LogP contribution >= 0.6 is 0 Å². The first-order valence-electron chi connectivity index (χ1n) is 16.6. The fourth-order valence-electron chi connectivity index (χ4n) is 9.37. The van der Waals surface area contributed by atoms with Gasteiger partial charge in [0.05, 0.1) is 0 Å². The molecule has 0 aliphatic heterocycles. The van der Waals surface area contributed by atoms with Crippen molar-refractivity contribution in [2.45, 2.75) is 38.5 Å². The minimum absolute atomic E-state index is 0.229. The van der Waals surface area contributed by atoms with Crippen molar-refractivity contribution < 1.29 is 24.8 Å². The zero-order valence-electron chi connectivity index (χ0n) is 26.8. The van der Waals surface area contributed by atoms with Crippen molar-refractivity contribution in [3.05, 3.63) is 107 Å². The van der Waals surface area contributed by atoms with Gasteiger partial charge in [-0.1, -0.05) is 80.1 Å². The molecular formula is C42H31BO5. The van der Waals surface area contributed by atoms with E-state index >= 15 is 0 Å². The summed E-state index contributed by atoms with van der Waals surface area (Å²) >= 11 is 0. The molecule has 0 spiro atoms. The minimum Gasteiger partial charge on any atom is -0.505 e. The molecule has 232 valence electrons. The van der Waals surface area contributed by atoms with Crippen LogP contribution in [0, 0.1) is 0 Å². The van der Waals surface area contributed by atoms with Crippen LogP contribution in [0.5, 0.6) is 23.0 Å². The molecule has 2 bridgehead atoms. The number of allylic oxidation sites excluding steroid dienone is 2. The molecule has 0 saturated carbocycles. The first-order chi connectivity index (χ1) is 23.2. The van der Waals surface area contributed by atoms with Crippen molar-refractivity contribution in [1.82, 2.24) is 0 Å². The quantitative estimate of drug-likeness (QED) is 0.0875. The lowest BCUT2D eigenvalue weighted by Crippen LogP contribution is -2.21. The van der Waals surface area contributed by atoms with E-state index < -0.39 is 23.0 Å². The second kappa shape index (κ2) is 9.26. The monoisotopic (exact) mass is 626 g/mol. The Hall–Kier alpha value is -5.62. The number of hydrogen-bond acceptors (Lipinski definition) is 5. The number of hydrogen-bond donors (Lipinski definition) is 4. The van der Waals surface area contributed by atoms with Crippen molar-refractivity contribution in [3.8, 4) is 56.4 Å². The standard InChI is InChI=1S/C42H31BO5/c1-18-15-26-19(2)22-13-14-30-36-27(22)17-28(26)37-31(18)32(20-7-5-8-21(16-20)33-38(43)40(45)42(47)41(46)39(33)44)23-9-3-4-10-24(23)34(37)25-11-6-12-29(48-30)35(25)36/h3-14,16,18-19,44-47H,15,17,43H2,1-2H3/t18-,19?/m1/s1. The lowest BCUT2D eigenvalue weighted by atomic mass is 9.64. The molecule has 0 amide bonds. The molecule has 48 heavy (non-hydrogen) atoms. The first kappa shape index (κ1) is 27.5. The van der Waals surface area contributed by atoms with Gasteiger partial charge in [0.1, 0.15) is 19.0 Å². The highest BCUT2D eigenvalue weighted by atomic mass is 16.3. The molecule has 3 aliphatic carbocycles. The van der Waals surface area contributed by atoms with Crippen molar-refractivity contribution in [1.29, 1.82) is 0 Å². The Bertz CT molecular complexity index is 2630. The number of furan rings is 1. The molecule has 1 heterocycles. The van der Waals surface area contributed by atoms with Crippen LogP contribution in [0.1, 0.15) is 54.4 Å². The SMILES string of the molecule is Bc1c(O)c(O)c(O)c(O)c1-c1cccc(-c2c3c4c(c5ccccc25)-c2cccc5oc6ccc7c(c6c25)CC4=C(C[C@H]3C)C7C)c1. The normalized spacial score (nSPS) is 17.5. The molecule has 0 radical (unpaired) electrons. The van der Waals surface area contributed by atoms with Gasteiger partial charge in [-0.05, 0) is 109 Å². The zero-order valence-corrected chi connectivity index (χ0v) is 26.8. The van der Waals surface area contributed by atoms with Crippen LogP contribution in [0.3, 0.4) is 0 Å². The van der Waals surface area contributed by atoms with Gasteiger partial charge in [0.15, 0.2) is 11.5 Å². The summed E-state index contributed by atoms with van der Waals surface area (Å²) in [6, 6.07) is 27.5. The van der Waals surface area contributed by atoms with E-state index in [2.05, 4.69) is 74.5 Å². The number of phenolic OH excluding ortho intramolecular Hbond substituents is 4. The van der Waals surface area contributed by atoms with Gasteiger partial charge in [0.25, 0.3) is 0 Å². The second-order valence-electron chi connectivity index (χ2n) is 13.9. The van der Waals surface area contributed by atoms with Gasteiger partial charge in [-0.2, -0.15) is 0 Å². The Morgan fingerprint density at radius 1 is 0.667 bits per heavy atom. The molecule has 6 aromatic carbocycles. The van der Waals surface area contributed by atoms with Crippen LogP contribution in [0.2, 0.25) is 0 Å². The summed E-state index contributed by atoms with van der Waals surface area (Å²) < 4.78 is 6.54. The largest absolute Gasteiger partial charge is 0.505 e. The minimum atomic E-state index is -0.734. The number of rotatable bonds is 2. The van der Waals surface area contributed by atoms with Gasteiger partial charge >= 0.3 is 0 Å². The molecule has 3 aliphatic rings. The van der Waals surface area contributed by atoms with Crippen LogP contribution in [0.4, 0.5) is 0 Å². The lowest BCUT2D eigenvalue weighted by Gasteiger charge is -2.40. The molecular weight excluding hydrogens is 595 g/mol. The highest BCUT2D eigenvalue weighted by Gasteiger charge is 2.39. The Morgan fingerprint density at radius 2 is 1.35 bits per heavy atom. The van der Waals surface area contributed by atoms with Gasteiger partial charge in [-0.3, -0.25) is 0 Å². The molecule has 5 nitrogen and oxygen atoms in total. The third kappa shape index (κ3) is 3.27. The molecule has 1 unspecified atom stereocenters. The van der Waals surface area contributed by atoms with Crippen molar-refractivity contribution in [2.75, 3.05) is 0 Å². The predicted octanol–water partition coefficient (Wildman–Crippen LogP) is 8.76. The van der Waals surface area contributed by atoms with E-state index in [1.807, 2.05) is 18.2 Å². The summed E-state index contributed by atoms with van der Waals surface area (Å²) in [5.74, 6) is -1.84. The van der Waals surface area contributed by atoms with Gasteiger partial charge in [-0.25, -0.2) is 0 Å². The maximum Gasteiger partial charge on any atom is 0.204 e. The van der Waals surface area contributed by atoms with Gasteiger partial charge < -0.3 is 24.8 Å². The summed E-state index contributed by atoms with van der Waals surface area (Å²) in [4.78, 5) is 0. The average Bonchev–Trinajstić information content (AvgIpc) is 3.49. The smallest absolute Gasteiger partial charge is 0.204 e. The fourth-order valence-corrected chi connectivity index (χ4v) is 9.37. The topological polar surface area (TPSA) is 94.1 Å². The van der Waals surface area contributed by atoms with Crippen LogP contribution in [0.15, 0.2) is 88.9 Å². The summed E-state index contributed by atoms with van der Waals surface area (Å²) in [7, 11) is 1.63. The molecule has 0 saturated heterocycles. The molecule has 1 aromatic heterocycles. The van der Waals surface area contributed by atoms with E-state index in [0.29, 0.717) is 11.5 Å². The number of aromatic hydroxyl groups is 4. The Labute approximate surface area is 277 Å². The van der Waals surface area contributed by atoms with Crippen molar-refractivity contribution >= 4 is 51.6 Å². The van der Waals surface area contributed by atoms with Crippen LogP contribution in [-0.2, 0) is 6.42 Å². The number of benzene rings is 6.